The molecule has 0 bridgehead atoms. The maximum atomic E-state index is 11.5. The van der Waals surface area contributed by atoms with Crippen LogP contribution in [-0.2, 0) is 14.4 Å². The first-order valence-electron chi connectivity index (χ1n) is 4.89. The highest BCUT2D eigenvalue weighted by Gasteiger charge is 2.49. The zero-order chi connectivity index (χ0) is 12.6. The summed E-state index contributed by atoms with van der Waals surface area (Å²) in [5.41, 5.74) is 0. The Morgan fingerprint density at radius 2 is 2.24 bits per heavy atom. The van der Waals surface area contributed by atoms with Crippen LogP contribution in [0.2, 0.25) is 0 Å². The summed E-state index contributed by atoms with van der Waals surface area (Å²) in [6.45, 7) is 1.31. The molecule has 0 radical (unpaired) electrons. The molecule has 1 aromatic rings. The molecule has 2 N–H and O–H groups in total. The summed E-state index contributed by atoms with van der Waals surface area (Å²) < 4.78 is 0. The molecule has 2 amide bonds. The Kier molecular flexibility index (Phi) is 2.84. The number of thiophene rings is 1. The predicted octanol–water partition coefficient (Wildman–Crippen LogP) is 0.0526. The number of carboxylic acid groups (broad SMARTS) is 1. The van der Waals surface area contributed by atoms with Crippen molar-refractivity contribution in [2.45, 2.75) is 19.0 Å². The van der Waals surface area contributed by atoms with Crippen LogP contribution in [-0.4, -0.2) is 35.0 Å². The van der Waals surface area contributed by atoms with Crippen LogP contribution >= 0.6 is 11.3 Å². The van der Waals surface area contributed by atoms with Gasteiger partial charge in [-0.25, -0.2) is 4.79 Å². The van der Waals surface area contributed by atoms with Crippen LogP contribution in [0, 0.1) is 0 Å². The molecule has 17 heavy (non-hydrogen) atoms. The smallest absolute Gasteiger partial charge is 0.328 e. The van der Waals surface area contributed by atoms with Crippen molar-refractivity contribution in [1.29, 1.82) is 0 Å². The van der Waals surface area contributed by atoms with Gasteiger partial charge in [0.2, 0.25) is 11.8 Å². The highest BCUT2D eigenvalue weighted by molar-refractivity contribution is 7.14. The SMILES string of the molecule is CC(=O)N(c1cccs1)C1C(=O)NC1C(=O)O. The third kappa shape index (κ3) is 1.89. The average Bonchev–Trinajstić information content (AvgIpc) is 2.74. The minimum Gasteiger partial charge on any atom is -0.480 e. The number of amides is 2. The second-order valence-corrected chi connectivity index (χ2v) is 4.54. The van der Waals surface area contributed by atoms with Gasteiger partial charge in [0.1, 0.15) is 6.04 Å². The molecule has 6 nitrogen and oxygen atoms in total. The lowest BCUT2D eigenvalue weighted by molar-refractivity contribution is -0.150. The second kappa shape index (κ2) is 4.17. The summed E-state index contributed by atoms with van der Waals surface area (Å²) in [6.07, 6.45) is 0. The minimum atomic E-state index is -1.14. The Balaban J connectivity index is 2.31. The van der Waals surface area contributed by atoms with Crippen LogP contribution in [0.25, 0.3) is 0 Å². The maximum absolute atomic E-state index is 11.5. The standard InChI is InChI=1S/C10H10N2O4S/c1-5(13)12(6-3-2-4-17-6)8-7(10(15)16)11-9(8)14/h2-4,7-8H,1H3,(H,11,14)(H,15,16). The number of carboxylic acids is 1. The Morgan fingerprint density at radius 1 is 1.53 bits per heavy atom. The second-order valence-electron chi connectivity index (χ2n) is 3.61. The fraction of sp³-hybridized carbons (Fsp3) is 0.300. The predicted molar refractivity (Wildman–Crippen MR) is 60.8 cm³/mol. The van der Waals surface area contributed by atoms with Crippen molar-refractivity contribution in [2.75, 3.05) is 4.90 Å². The van der Waals surface area contributed by atoms with Crippen molar-refractivity contribution in [3.63, 3.8) is 0 Å². The molecule has 2 heterocycles. The summed E-state index contributed by atoms with van der Waals surface area (Å²) in [5, 5.41) is 13.5. The fourth-order valence-electron chi connectivity index (χ4n) is 1.73. The number of hydrogen-bond acceptors (Lipinski definition) is 4. The van der Waals surface area contributed by atoms with Crippen LogP contribution in [0.15, 0.2) is 17.5 Å². The number of nitrogens with one attached hydrogen (secondary N) is 1. The lowest BCUT2D eigenvalue weighted by Crippen LogP contribution is -2.72. The molecule has 0 spiro atoms. The Bertz CT molecular complexity index is 471. The van der Waals surface area contributed by atoms with Crippen LogP contribution in [0.3, 0.4) is 0 Å². The highest BCUT2D eigenvalue weighted by Crippen LogP contribution is 2.27. The first kappa shape index (κ1) is 11.6. The van der Waals surface area contributed by atoms with E-state index in [1.165, 1.54) is 23.2 Å². The Labute approximate surface area is 101 Å². The third-order valence-corrected chi connectivity index (χ3v) is 3.38. The number of aliphatic carboxylic acids is 1. The van der Waals surface area contributed by atoms with Gasteiger partial charge in [0.15, 0.2) is 6.04 Å². The molecule has 2 unspecified atom stereocenters. The molecule has 1 saturated heterocycles. The summed E-state index contributed by atoms with van der Waals surface area (Å²) in [6, 6.07) is 1.43. The van der Waals surface area contributed by atoms with Gasteiger partial charge in [0.05, 0.1) is 5.00 Å². The summed E-state index contributed by atoms with van der Waals surface area (Å²) in [7, 11) is 0. The zero-order valence-electron chi connectivity index (χ0n) is 8.91. The first-order valence-corrected chi connectivity index (χ1v) is 5.77. The van der Waals surface area contributed by atoms with Gasteiger partial charge in [-0.15, -0.1) is 11.3 Å². The molecular weight excluding hydrogens is 244 g/mol. The molecule has 7 heteroatoms. The molecule has 0 aliphatic carbocycles. The largest absolute Gasteiger partial charge is 0.480 e. The van der Waals surface area contributed by atoms with Crippen molar-refractivity contribution >= 4 is 34.1 Å². The van der Waals surface area contributed by atoms with E-state index in [0.29, 0.717) is 5.00 Å². The van der Waals surface area contributed by atoms with Gasteiger partial charge >= 0.3 is 5.97 Å². The quantitative estimate of drug-likeness (QED) is 0.746. The van der Waals surface area contributed by atoms with Crippen molar-refractivity contribution < 1.29 is 19.5 Å². The Hall–Kier alpha value is -1.89. The molecular formula is C10H10N2O4S. The van der Waals surface area contributed by atoms with Crippen LogP contribution in [0.4, 0.5) is 5.00 Å². The van der Waals surface area contributed by atoms with Crippen LogP contribution in [0.1, 0.15) is 6.92 Å². The number of carbonyl (C=O) groups is 3. The van der Waals surface area contributed by atoms with Gasteiger partial charge in [0, 0.05) is 6.92 Å². The van der Waals surface area contributed by atoms with Gasteiger partial charge in [0.25, 0.3) is 0 Å². The fourth-order valence-corrected chi connectivity index (χ4v) is 2.54. The van der Waals surface area contributed by atoms with E-state index in [-0.39, 0.29) is 5.91 Å². The summed E-state index contributed by atoms with van der Waals surface area (Å²) in [4.78, 5) is 35.1. The molecule has 2 rings (SSSR count). The van der Waals surface area contributed by atoms with Crippen molar-refractivity contribution in [3.8, 4) is 0 Å². The van der Waals surface area contributed by atoms with Gasteiger partial charge in [-0.3, -0.25) is 14.5 Å². The van der Waals surface area contributed by atoms with E-state index >= 15 is 0 Å². The van der Waals surface area contributed by atoms with Gasteiger partial charge in [-0.1, -0.05) is 0 Å². The lowest BCUT2D eigenvalue weighted by Gasteiger charge is -2.40. The first-order chi connectivity index (χ1) is 8.02. The number of carbonyl (C=O) groups excluding carboxylic acids is 2. The van der Waals surface area contributed by atoms with Gasteiger partial charge in [-0.2, -0.15) is 0 Å². The molecule has 90 valence electrons. The van der Waals surface area contributed by atoms with Gasteiger partial charge in [-0.05, 0) is 17.5 Å². The normalized spacial score (nSPS) is 22.5. The van der Waals surface area contributed by atoms with E-state index in [9.17, 15) is 14.4 Å². The van der Waals surface area contributed by atoms with E-state index in [1.807, 2.05) is 0 Å². The number of nitrogens with zero attached hydrogens (tertiary/aromatic N) is 1. The summed E-state index contributed by atoms with van der Waals surface area (Å²) >= 11 is 1.28. The molecule has 1 aliphatic heterocycles. The highest BCUT2D eigenvalue weighted by atomic mass is 32.1. The van der Waals surface area contributed by atoms with E-state index < -0.39 is 24.0 Å². The number of anilines is 1. The maximum Gasteiger partial charge on any atom is 0.328 e. The average molecular weight is 254 g/mol. The van der Waals surface area contributed by atoms with Crippen LogP contribution in [0.5, 0.6) is 0 Å². The summed E-state index contributed by atoms with van der Waals surface area (Å²) in [5.74, 6) is -1.93. The minimum absolute atomic E-state index is 0.349. The zero-order valence-corrected chi connectivity index (χ0v) is 9.73. The topological polar surface area (TPSA) is 86.7 Å². The monoisotopic (exact) mass is 254 g/mol. The molecule has 1 aromatic heterocycles. The number of hydrogen-bond donors (Lipinski definition) is 2. The third-order valence-electron chi connectivity index (χ3n) is 2.51. The van der Waals surface area contributed by atoms with E-state index in [4.69, 9.17) is 5.11 Å². The molecule has 0 saturated carbocycles. The van der Waals surface area contributed by atoms with Crippen molar-refractivity contribution in [3.05, 3.63) is 17.5 Å². The van der Waals surface area contributed by atoms with Crippen molar-refractivity contribution in [2.24, 2.45) is 0 Å². The van der Waals surface area contributed by atoms with E-state index in [2.05, 4.69) is 5.32 Å². The molecule has 0 aromatic carbocycles. The van der Waals surface area contributed by atoms with Crippen LogP contribution < -0.4 is 10.2 Å². The van der Waals surface area contributed by atoms with E-state index in [1.54, 1.807) is 17.5 Å². The molecule has 2 atom stereocenters. The lowest BCUT2D eigenvalue weighted by atomic mass is 9.97. The number of β-lactam (4-membered cyclic amide) rings is 1. The van der Waals surface area contributed by atoms with Crippen molar-refractivity contribution in [1.82, 2.24) is 5.32 Å². The van der Waals surface area contributed by atoms with E-state index in [0.717, 1.165) is 0 Å². The number of rotatable bonds is 3. The Morgan fingerprint density at radius 3 is 2.65 bits per heavy atom. The van der Waals surface area contributed by atoms with Gasteiger partial charge < -0.3 is 10.4 Å². The molecule has 1 aliphatic rings. The molecule has 1 fully saturated rings.